The number of hydrogen-bond acceptors (Lipinski definition) is 9. The van der Waals surface area contributed by atoms with Gasteiger partial charge in [-0.05, 0) is 30.7 Å². The summed E-state index contributed by atoms with van der Waals surface area (Å²) in [4.78, 5) is 19.5. The molecule has 3 aromatic rings. The van der Waals surface area contributed by atoms with Crippen molar-refractivity contribution in [2.45, 2.75) is 18.4 Å². The van der Waals surface area contributed by atoms with Crippen LogP contribution in [-0.4, -0.2) is 62.8 Å². The number of rotatable bonds is 7. The summed E-state index contributed by atoms with van der Waals surface area (Å²) in [6.45, 7) is 3.67. The number of methoxy groups -OCH3 is 1. The van der Waals surface area contributed by atoms with Crippen molar-refractivity contribution in [2.75, 3.05) is 33.4 Å². The third kappa shape index (κ3) is 4.83. The number of carbonyl (C=O) groups is 1. The van der Waals surface area contributed by atoms with E-state index in [-0.39, 0.29) is 29.1 Å². The van der Waals surface area contributed by atoms with E-state index in [0.29, 0.717) is 41.8 Å². The Hall–Kier alpha value is -2.80. The molecule has 32 heavy (non-hydrogen) atoms. The Morgan fingerprint density at radius 3 is 2.66 bits per heavy atom. The van der Waals surface area contributed by atoms with Gasteiger partial charge in [0, 0.05) is 24.5 Å². The molecule has 1 amide bonds. The number of aryl methyl sites for hydroxylation is 1. The molecule has 2 aromatic heterocycles. The zero-order valence-corrected chi connectivity index (χ0v) is 19.2. The summed E-state index contributed by atoms with van der Waals surface area (Å²) in [7, 11) is -2.20. The van der Waals surface area contributed by atoms with E-state index < -0.39 is 10.0 Å². The molecule has 3 heterocycles. The van der Waals surface area contributed by atoms with E-state index in [1.54, 1.807) is 43.2 Å². The highest BCUT2D eigenvalue weighted by atomic mass is 32.2. The van der Waals surface area contributed by atoms with E-state index in [1.807, 2.05) is 0 Å². The SMILES string of the molecule is COc1ccc(CNS(=O)(=O)c2cc(-c3noc(C(=O)N4CCOCC4)n3)sc2C)cc1. The molecule has 1 saturated heterocycles. The lowest BCUT2D eigenvalue weighted by Gasteiger charge is -2.25. The lowest BCUT2D eigenvalue weighted by Crippen LogP contribution is -2.40. The van der Waals surface area contributed by atoms with Crippen molar-refractivity contribution in [3.63, 3.8) is 0 Å². The van der Waals surface area contributed by atoms with Crippen molar-refractivity contribution in [2.24, 2.45) is 0 Å². The molecule has 1 N–H and O–H groups in total. The maximum atomic E-state index is 12.8. The molecule has 12 heteroatoms. The van der Waals surface area contributed by atoms with Gasteiger partial charge in [-0.3, -0.25) is 4.79 Å². The zero-order valence-electron chi connectivity index (χ0n) is 17.5. The van der Waals surface area contributed by atoms with Crippen LogP contribution in [0.2, 0.25) is 0 Å². The summed E-state index contributed by atoms with van der Waals surface area (Å²) < 4.78 is 43.8. The van der Waals surface area contributed by atoms with Crippen LogP contribution in [-0.2, 0) is 21.3 Å². The lowest BCUT2D eigenvalue weighted by molar-refractivity contribution is 0.0272. The number of hydrogen-bond donors (Lipinski definition) is 1. The van der Waals surface area contributed by atoms with E-state index in [4.69, 9.17) is 14.0 Å². The Bertz CT molecular complexity index is 1200. The largest absolute Gasteiger partial charge is 0.497 e. The first-order valence-corrected chi connectivity index (χ1v) is 12.1. The van der Waals surface area contributed by atoms with E-state index in [9.17, 15) is 13.2 Å². The summed E-state index contributed by atoms with van der Waals surface area (Å²) in [6.07, 6.45) is 0. The van der Waals surface area contributed by atoms with Gasteiger partial charge in [-0.1, -0.05) is 17.3 Å². The fraction of sp³-hybridized carbons (Fsp3) is 0.350. The second-order valence-electron chi connectivity index (χ2n) is 7.03. The number of sulfonamides is 1. The van der Waals surface area contributed by atoms with Crippen LogP contribution in [0.1, 0.15) is 21.1 Å². The predicted molar refractivity (Wildman–Crippen MR) is 116 cm³/mol. The van der Waals surface area contributed by atoms with Gasteiger partial charge in [0.2, 0.25) is 15.8 Å². The molecule has 1 aromatic carbocycles. The Morgan fingerprint density at radius 2 is 1.97 bits per heavy atom. The number of amides is 1. The van der Waals surface area contributed by atoms with Crippen molar-refractivity contribution >= 4 is 27.3 Å². The second kappa shape index (κ2) is 9.36. The van der Waals surface area contributed by atoms with Crippen molar-refractivity contribution in [1.29, 1.82) is 0 Å². The summed E-state index contributed by atoms with van der Waals surface area (Å²) in [5.74, 6) is 0.372. The van der Waals surface area contributed by atoms with Gasteiger partial charge >= 0.3 is 11.8 Å². The van der Waals surface area contributed by atoms with Gasteiger partial charge in [-0.25, -0.2) is 13.1 Å². The fourth-order valence-electron chi connectivity index (χ4n) is 3.15. The van der Waals surface area contributed by atoms with Crippen LogP contribution < -0.4 is 9.46 Å². The number of carbonyl (C=O) groups excluding carboxylic acids is 1. The molecule has 0 bridgehead atoms. The van der Waals surface area contributed by atoms with Crippen LogP contribution in [0.25, 0.3) is 10.7 Å². The van der Waals surface area contributed by atoms with Crippen LogP contribution in [0.4, 0.5) is 0 Å². The van der Waals surface area contributed by atoms with Gasteiger partial charge in [0.1, 0.15) is 5.75 Å². The standard InChI is InChI=1S/C20H22N4O6S2/c1-13-17(32(26,27)21-12-14-3-5-15(28-2)6-4-14)11-16(31-13)18-22-19(30-23-18)20(25)24-7-9-29-10-8-24/h3-6,11,21H,7-10,12H2,1-2H3. The molecule has 0 atom stereocenters. The first kappa shape index (κ1) is 22.4. The van der Waals surface area contributed by atoms with Crippen LogP contribution in [0.3, 0.4) is 0 Å². The average molecular weight is 479 g/mol. The minimum Gasteiger partial charge on any atom is -0.497 e. The van der Waals surface area contributed by atoms with Gasteiger partial charge in [0.05, 0.1) is 30.1 Å². The maximum Gasteiger partial charge on any atom is 0.316 e. The molecular weight excluding hydrogens is 456 g/mol. The Balaban J connectivity index is 1.48. The predicted octanol–water partition coefficient (Wildman–Crippen LogP) is 2.07. The van der Waals surface area contributed by atoms with Gasteiger partial charge in [0.15, 0.2) is 0 Å². The van der Waals surface area contributed by atoms with Crippen molar-refractivity contribution in [1.82, 2.24) is 19.8 Å². The number of aromatic nitrogens is 2. The first-order valence-electron chi connectivity index (χ1n) is 9.81. The summed E-state index contributed by atoms with van der Waals surface area (Å²) in [5.41, 5.74) is 0.798. The molecular formula is C20H22N4O6S2. The normalized spacial score (nSPS) is 14.5. The molecule has 1 fully saturated rings. The molecule has 170 valence electrons. The lowest BCUT2D eigenvalue weighted by atomic mass is 10.2. The topological polar surface area (TPSA) is 124 Å². The average Bonchev–Trinajstić information content (AvgIpc) is 3.45. The number of nitrogens with one attached hydrogen (secondary N) is 1. The summed E-state index contributed by atoms with van der Waals surface area (Å²) in [5, 5.41) is 3.87. The maximum absolute atomic E-state index is 12.8. The molecule has 0 radical (unpaired) electrons. The van der Waals surface area contributed by atoms with Crippen LogP contribution in [0.15, 0.2) is 39.8 Å². The van der Waals surface area contributed by atoms with E-state index in [0.717, 1.165) is 5.56 Å². The Morgan fingerprint density at radius 1 is 1.25 bits per heavy atom. The van der Waals surface area contributed by atoms with E-state index in [2.05, 4.69) is 14.9 Å². The molecule has 4 rings (SSSR count). The third-order valence-electron chi connectivity index (χ3n) is 4.91. The first-order chi connectivity index (χ1) is 15.4. The number of nitrogens with zero attached hydrogens (tertiary/aromatic N) is 3. The smallest absolute Gasteiger partial charge is 0.316 e. The van der Waals surface area contributed by atoms with Crippen LogP contribution in [0.5, 0.6) is 5.75 Å². The van der Waals surface area contributed by atoms with Crippen LogP contribution >= 0.6 is 11.3 Å². The van der Waals surface area contributed by atoms with E-state index >= 15 is 0 Å². The van der Waals surface area contributed by atoms with Gasteiger partial charge in [-0.15, -0.1) is 11.3 Å². The number of morpholine rings is 1. The highest BCUT2D eigenvalue weighted by molar-refractivity contribution is 7.89. The van der Waals surface area contributed by atoms with E-state index in [1.165, 1.54) is 17.4 Å². The van der Waals surface area contributed by atoms with Crippen LogP contribution in [0, 0.1) is 6.92 Å². The molecule has 0 unspecified atom stereocenters. The minimum atomic E-state index is -3.76. The Labute approximate surface area is 189 Å². The summed E-state index contributed by atoms with van der Waals surface area (Å²) >= 11 is 1.22. The molecule has 1 aliphatic rings. The van der Waals surface area contributed by atoms with Gasteiger partial charge in [-0.2, -0.15) is 4.98 Å². The van der Waals surface area contributed by atoms with Gasteiger partial charge < -0.3 is 18.9 Å². The highest BCUT2D eigenvalue weighted by Crippen LogP contribution is 2.32. The van der Waals surface area contributed by atoms with Gasteiger partial charge in [0.25, 0.3) is 0 Å². The molecule has 1 aliphatic heterocycles. The zero-order chi connectivity index (χ0) is 22.7. The summed E-state index contributed by atoms with van der Waals surface area (Å²) in [6, 6.07) is 8.61. The number of ether oxygens (including phenoxy) is 2. The van der Waals surface area contributed by atoms with Crippen molar-refractivity contribution < 1.29 is 27.2 Å². The third-order valence-corrected chi connectivity index (χ3v) is 7.62. The molecule has 10 nitrogen and oxygen atoms in total. The number of benzene rings is 1. The Kier molecular flexibility index (Phi) is 6.55. The molecule has 0 spiro atoms. The highest BCUT2D eigenvalue weighted by Gasteiger charge is 2.26. The second-order valence-corrected chi connectivity index (χ2v) is 10.0. The quantitative estimate of drug-likeness (QED) is 0.547. The monoisotopic (exact) mass is 478 g/mol. The minimum absolute atomic E-state index is 0.130. The van der Waals surface area contributed by atoms with Crippen molar-refractivity contribution in [3.05, 3.63) is 46.7 Å². The molecule has 0 aliphatic carbocycles. The fourth-order valence-corrected chi connectivity index (χ4v) is 5.69. The van der Waals surface area contributed by atoms with Crippen molar-refractivity contribution in [3.8, 4) is 16.5 Å². The molecule has 0 saturated carbocycles. The number of thiophene rings is 1.